The molecule has 0 bridgehead atoms. The number of anilines is 1. The number of nitrogens with zero attached hydrogens (tertiary/aromatic N) is 1. The van der Waals surface area contributed by atoms with Crippen LogP contribution < -0.4 is 14.8 Å². The highest BCUT2D eigenvalue weighted by atomic mass is 19.1. The van der Waals surface area contributed by atoms with Gasteiger partial charge in [-0.1, -0.05) is 6.07 Å². The van der Waals surface area contributed by atoms with Crippen LogP contribution >= 0.6 is 0 Å². The van der Waals surface area contributed by atoms with Gasteiger partial charge in [0.1, 0.15) is 17.3 Å². The molecule has 0 aliphatic heterocycles. The van der Waals surface area contributed by atoms with Gasteiger partial charge in [-0.2, -0.15) is 5.26 Å². The number of ether oxygens (including phenoxy) is 2. The minimum atomic E-state index is -0.406. The predicted octanol–water partition coefficient (Wildman–Crippen LogP) is 3.33. The number of nitriles is 1. The van der Waals surface area contributed by atoms with Crippen molar-refractivity contribution in [2.45, 2.75) is 6.54 Å². The molecular weight excluding hydrogens is 271 g/mol. The Hall–Kier alpha value is -2.74. The number of nitrogens with one attached hydrogen (secondary N) is 1. The van der Waals surface area contributed by atoms with Gasteiger partial charge in [-0.3, -0.25) is 0 Å². The Morgan fingerprint density at radius 3 is 2.29 bits per heavy atom. The molecule has 0 saturated heterocycles. The van der Waals surface area contributed by atoms with E-state index in [1.165, 1.54) is 6.07 Å². The molecule has 0 atom stereocenters. The SMILES string of the molecule is COc1cc(NCc2ccc(C#N)cc2F)cc(OC)c1. The normalized spacial score (nSPS) is 9.81. The van der Waals surface area contributed by atoms with E-state index >= 15 is 0 Å². The molecule has 5 heteroatoms. The summed E-state index contributed by atoms with van der Waals surface area (Å²) in [5, 5.41) is 11.8. The van der Waals surface area contributed by atoms with Crippen LogP contribution in [0.25, 0.3) is 0 Å². The lowest BCUT2D eigenvalue weighted by atomic mass is 10.1. The summed E-state index contributed by atoms with van der Waals surface area (Å²) in [5.74, 6) is 0.894. The Morgan fingerprint density at radius 1 is 1.10 bits per heavy atom. The first-order valence-electron chi connectivity index (χ1n) is 6.31. The van der Waals surface area contributed by atoms with Crippen molar-refractivity contribution in [3.05, 3.63) is 53.3 Å². The van der Waals surface area contributed by atoms with Gasteiger partial charge in [0.25, 0.3) is 0 Å². The van der Waals surface area contributed by atoms with Gasteiger partial charge in [0.2, 0.25) is 0 Å². The Morgan fingerprint density at radius 2 is 1.76 bits per heavy atom. The van der Waals surface area contributed by atoms with Gasteiger partial charge >= 0.3 is 0 Å². The fourth-order valence-electron chi connectivity index (χ4n) is 1.87. The van der Waals surface area contributed by atoms with Crippen LogP contribution in [-0.4, -0.2) is 14.2 Å². The van der Waals surface area contributed by atoms with Gasteiger partial charge in [-0.25, -0.2) is 4.39 Å². The van der Waals surface area contributed by atoms with Crippen LogP contribution in [0, 0.1) is 17.1 Å². The number of hydrogen-bond acceptors (Lipinski definition) is 4. The van der Waals surface area contributed by atoms with E-state index in [4.69, 9.17) is 14.7 Å². The van der Waals surface area contributed by atoms with Crippen molar-refractivity contribution in [1.82, 2.24) is 0 Å². The highest BCUT2D eigenvalue weighted by molar-refractivity contribution is 5.54. The molecule has 0 fully saturated rings. The van der Waals surface area contributed by atoms with Crippen LogP contribution in [0.15, 0.2) is 36.4 Å². The largest absolute Gasteiger partial charge is 0.497 e. The van der Waals surface area contributed by atoms with Crippen LogP contribution in [0.1, 0.15) is 11.1 Å². The fraction of sp³-hybridized carbons (Fsp3) is 0.188. The van der Waals surface area contributed by atoms with Gasteiger partial charge in [0, 0.05) is 36.0 Å². The molecular formula is C16H15FN2O2. The molecule has 0 unspecified atom stereocenters. The fourth-order valence-corrected chi connectivity index (χ4v) is 1.87. The zero-order valence-corrected chi connectivity index (χ0v) is 11.8. The lowest BCUT2D eigenvalue weighted by Gasteiger charge is -2.11. The van der Waals surface area contributed by atoms with E-state index in [1.807, 2.05) is 6.07 Å². The zero-order valence-electron chi connectivity index (χ0n) is 11.8. The highest BCUT2D eigenvalue weighted by Gasteiger charge is 2.05. The molecule has 0 saturated carbocycles. The highest BCUT2D eigenvalue weighted by Crippen LogP contribution is 2.26. The van der Waals surface area contributed by atoms with Crippen LogP contribution in [0.3, 0.4) is 0 Å². The molecule has 108 valence electrons. The average Bonchev–Trinajstić information content (AvgIpc) is 2.53. The van der Waals surface area contributed by atoms with Gasteiger partial charge in [0.05, 0.1) is 25.9 Å². The summed E-state index contributed by atoms with van der Waals surface area (Å²) in [6.07, 6.45) is 0. The molecule has 0 heterocycles. The second-order valence-electron chi connectivity index (χ2n) is 4.37. The molecule has 21 heavy (non-hydrogen) atoms. The maximum Gasteiger partial charge on any atom is 0.129 e. The van der Waals surface area contributed by atoms with Crippen molar-refractivity contribution >= 4 is 5.69 Å². The standard InChI is InChI=1S/C16H15FN2O2/c1-20-14-6-13(7-15(8-14)21-2)19-10-12-4-3-11(9-18)5-16(12)17/h3-8,19H,10H2,1-2H3. The maximum absolute atomic E-state index is 13.8. The summed E-state index contributed by atoms with van der Waals surface area (Å²) in [6, 6.07) is 11.7. The smallest absolute Gasteiger partial charge is 0.129 e. The predicted molar refractivity (Wildman–Crippen MR) is 78.0 cm³/mol. The number of methoxy groups -OCH3 is 2. The molecule has 0 amide bonds. The molecule has 0 aliphatic rings. The van der Waals surface area contributed by atoms with Crippen LogP contribution in [-0.2, 0) is 6.54 Å². The third kappa shape index (κ3) is 3.63. The topological polar surface area (TPSA) is 54.3 Å². The van der Waals surface area contributed by atoms with Gasteiger partial charge in [0.15, 0.2) is 0 Å². The third-order valence-corrected chi connectivity index (χ3v) is 3.02. The summed E-state index contributed by atoms with van der Waals surface area (Å²) in [5.41, 5.74) is 1.55. The van der Waals surface area contributed by atoms with Gasteiger partial charge in [-0.05, 0) is 12.1 Å². The lowest BCUT2D eigenvalue weighted by Crippen LogP contribution is -2.02. The van der Waals surface area contributed by atoms with E-state index < -0.39 is 5.82 Å². The van der Waals surface area contributed by atoms with E-state index in [2.05, 4.69) is 5.32 Å². The molecule has 0 spiro atoms. The van der Waals surface area contributed by atoms with Gasteiger partial charge < -0.3 is 14.8 Å². The summed E-state index contributed by atoms with van der Waals surface area (Å²) in [6.45, 7) is 0.299. The molecule has 2 aromatic carbocycles. The van der Waals surface area contributed by atoms with Crippen molar-refractivity contribution in [3.8, 4) is 17.6 Å². The molecule has 2 aromatic rings. The van der Waals surface area contributed by atoms with Crippen molar-refractivity contribution in [1.29, 1.82) is 5.26 Å². The molecule has 0 aromatic heterocycles. The molecule has 0 radical (unpaired) electrons. The Labute approximate surface area is 122 Å². The van der Waals surface area contributed by atoms with Crippen molar-refractivity contribution in [3.63, 3.8) is 0 Å². The first kappa shape index (κ1) is 14.7. The Balaban J connectivity index is 2.14. The summed E-state index contributed by atoms with van der Waals surface area (Å²) >= 11 is 0. The number of benzene rings is 2. The van der Waals surface area contributed by atoms with E-state index in [0.29, 0.717) is 29.2 Å². The summed E-state index contributed by atoms with van der Waals surface area (Å²) in [4.78, 5) is 0. The van der Waals surface area contributed by atoms with E-state index in [-0.39, 0.29) is 0 Å². The van der Waals surface area contributed by atoms with Crippen molar-refractivity contribution < 1.29 is 13.9 Å². The van der Waals surface area contributed by atoms with Crippen molar-refractivity contribution in [2.24, 2.45) is 0 Å². The quantitative estimate of drug-likeness (QED) is 0.916. The van der Waals surface area contributed by atoms with E-state index in [0.717, 1.165) is 5.69 Å². The Kier molecular flexibility index (Phi) is 4.62. The lowest BCUT2D eigenvalue weighted by molar-refractivity contribution is 0.394. The number of hydrogen-bond donors (Lipinski definition) is 1. The minimum Gasteiger partial charge on any atom is -0.497 e. The molecule has 4 nitrogen and oxygen atoms in total. The van der Waals surface area contributed by atoms with Crippen LogP contribution in [0.5, 0.6) is 11.5 Å². The molecule has 1 N–H and O–H groups in total. The molecule has 0 aliphatic carbocycles. The number of rotatable bonds is 5. The molecule has 2 rings (SSSR count). The average molecular weight is 286 g/mol. The maximum atomic E-state index is 13.8. The van der Waals surface area contributed by atoms with Crippen LogP contribution in [0.4, 0.5) is 10.1 Å². The minimum absolute atomic E-state index is 0.299. The van der Waals surface area contributed by atoms with E-state index in [1.54, 1.807) is 44.6 Å². The Bertz CT molecular complexity index is 658. The first-order valence-corrected chi connectivity index (χ1v) is 6.31. The second-order valence-corrected chi connectivity index (χ2v) is 4.37. The second kappa shape index (κ2) is 6.62. The third-order valence-electron chi connectivity index (χ3n) is 3.02. The first-order chi connectivity index (χ1) is 10.2. The summed E-state index contributed by atoms with van der Waals surface area (Å²) in [7, 11) is 3.14. The van der Waals surface area contributed by atoms with Gasteiger partial charge in [-0.15, -0.1) is 0 Å². The zero-order chi connectivity index (χ0) is 15.2. The van der Waals surface area contributed by atoms with Crippen molar-refractivity contribution in [2.75, 3.05) is 19.5 Å². The summed E-state index contributed by atoms with van der Waals surface area (Å²) < 4.78 is 24.1. The monoisotopic (exact) mass is 286 g/mol. The number of halogens is 1. The van der Waals surface area contributed by atoms with E-state index in [9.17, 15) is 4.39 Å². The van der Waals surface area contributed by atoms with Crippen LogP contribution in [0.2, 0.25) is 0 Å².